The van der Waals surface area contributed by atoms with Crippen molar-refractivity contribution in [3.8, 4) is 11.1 Å². The molecule has 0 heterocycles. The molecule has 0 bridgehead atoms. The predicted octanol–water partition coefficient (Wildman–Crippen LogP) is 6.45. The number of thioether (sulfide) groups is 2. The average Bonchev–Trinajstić information content (AvgIpc) is 2.60. The van der Waals surface area contributed by atoms with Gasteiger partial charge in [-0.2, -0.15) is 0 Å². The van der Waals surface area contributed by atoms with Gasteiger partial charge in [0.1, 0.15) is 5.82 Å². The highest BCUT2D eigenvalue weighted by molar-refractivity contribution is 8.13. The van der Waals surface area contributed by atoms with Gasteiger partial charge >= 0.3 is 0 Å². The van der Waals surface area contributed by atoms with Crippen LogP contribution in [0.25, 0.3) is 11.1 Å². The molecule has 2 aromatic carbocycles. The smallest absolute Gasteiger partial charge is 0.219 e. The topological polar surface area (TPSA) is 17.1 Å². The minimum absolute atomic E-state index is 0.0106. The molecule has 0 amide bonds. The van der Waals surface area contributed by atoms with Crippen molar-refractivity contribution in [3.05, 3.63) is 53.3 Å². The lowest BCUT2D eigenvalue weighted by molar-refractivity contribution is 0.109. The van der Waals surface area contributed by atoms with Gasteiger partial charge in [0.05, 0.1) is 0 Å². The fourth-order valence-electron chi connectivity index (χ4n) is 2.53. The number of aryl methyl sites for hydroxylation is 1. The van der Waals surface area contributed by atoms with E-state index in [4.69, 9.17) is 0 Å². The number of hydrogen-bond acceptors (Lipinski definition) is 3. The summed E-state index contributed by atoms with van der Waals surface area (Å²) in [5.74, 6) is -0.273. The third-order valence-corrected chi connectivity index (χ3v) is 5.90. The first-order valence-electron chi connectivity index (χ1n) is 8.17. The SMILES string of the molecule is CCc1ccc(F)cc1-c1cc(SC(C)CC)ccc1C(=O)SC. The van der Waals surface area contributed by atoms with E-state index in [1.165, 1.54) is 17.8 Å². The first-order valence-corrected chi connectivity index (χ1v) is 10.3. The Balaban J connectivity index is 2.62. The normalized spacial score (nSPS) is 12.2. The molecule has 1 unspecified atom stereocenters. The molecule has 1 atom stereocenters. The molecule has 0 aromatic heterocycles. The van der Waals surface area contributed by atoms with Crippen molar-refractivity contribution in [1.82, 2.24) is 0 Å². The highest BCUT2D eigenvalue weighted by Crippen LogP contribution is 2.35. The standard InChI is InChI=1S/C20H23FOS2/c1-5-13(3)24-16-9-10-17(20(22)23-4)19(12-16)18-11-15(21)8-7-14(18)6-2/h7-13H,5-6H2,1-4H3. The summed E-state index contributed by atoms with van der Waals surface area (Å²) in [6, 6.07) is 10.7. The zero-order valence-electron chi connectivity index (χ0n) is 14.6. The van der Waals surface area contributed by atoms with Crippen LogP contribution < -0.4 is 0 Å². The molecule has 0 aliphatic heterocycles. The van der Waals surface area contributed by atoms with Crippen LogP contribution in [0.5, 0.6) is 0 Å². The molecule has 0 radical (unpaired) electrons. The van der Waals surface area contributed by atoms with Gasteiger partial charge in [-0.05, 0) is 66.1 Å². The zero-order valence-corrected chi connectivity index (χ0v) is 16.2. The summed E-state index contributed by atoms with van der Waals surface area (Å²) in [6.07, 6.45) is 3.65. The summed E-state index contributed by atoms with van der Waals surface area (Å²) >= 11 is 2.98. The molecular formula is C20H23FOS2. The summed E-state index contributed by atoms with van der Waals surface area (Å²) in [4.78, 5) is 13.5. The lowest BCUT2D eigenvalue weighted by Gasteiger charge is -2.15. The molecule has 0 fully saturated rings. The van der Waals surface area contributed by atoms with Crippen molar-refractivity contribution in [3.63, 3.8) is 0 Å². The molecule has 128 valence electrons. The van der Waals surface area contributed by atoms with Gasteiger partial charge in [0.25, 0.3) is 0 Å². The van der Waals surface area contributed by atoms with E-state index in [-0.39, 0.29) is 10.9 Å². The number of rotatable bonds is 6. The fourth-order valence-corrected chi connectivity index (χ4v) is 3.89. The molecule has 0 aliphatic carbocycles. The maximum Gasteiger partial charge on any atom is 0.219 e. The second-order valence-electron chi connectivity index (χ2n) is 5.69. The van der Waals surface area contributed by atoms with Crippen LogP contribution in [0, 0.1) is 5.82 Å². The molecule has 0 N–H and O–H groups in total. The van der Waals surface area contributed by atoms with Crippen molar-refractivity contribution in [2.45, 2.75) is 43.8 Å². The minimum atomic E-state index is -0.273. The molecule has 0 saturated heterocycles. The predicted molar refractivity (Wildman–Crippen MR) is 105 cm³/mol. The maximum absolute atomic E-state index is 13.9. The van der Waals surface area contributed by atoms with E-state index < -0.39 is 0 Å². The van der Waals surface area contributed by atoms with Gasteiger partial charge in [-0.15, -0.1) is 11.8 Å². The Bertz CT molecular complexity index is 728. The third kappa shape index (κ3) is 4.42. The third-order valence-electron chi connectivity index (χ3n) is 4.05. The largest absolute Gasteiger partial charge is 0.282 e. The molecule has 4 heteroatoms. The van der Waals surface area contributed by atoms with Crippen LogP contribution in [0.15, 0.2) is 41.3 Å². The molecule has 0 saturated carbocycles. The van der Waals surface area contributed by atoms with E-state index in [9.17, 15) is 9.18 Å². The molecule has 0 spiro atoms. The van der Waals surface area contributed by atoms with Crippen molar-refractivity contribution < 1.29 is 9.18 Å². The summed E-state index contributed by atoms with van der Waals surface area (Å²) in [6.45, 7) is 6.39. The lowest BCUT2D eigenvalue weighted by atomic mass is 9.94. The number of carbonyl (C=O) groups is 1. The Labute approximate surface area is 152 Å². The highest BCUT2D eigenvalue weighted by atomic mass is 32.2. The molecule has 1 nitrogen and oxygen atoms in total. The first kappa shape index (κ1) is 19.1. The Kier molecular flexibility index (Phi) is 6.93. The average molecular weight is 363 g/mol. The number of halogens is 1. The van der Waals surface area contributed by atoms with Crippen LogP contribution >= 0.6 is 23.5 Å². The van der Waals surface area contributed by atoms with Crippen molar-refractivity contribution in [2.75, 3.05) is 6.26 Å². The summed E-state index contributed by atoms with van der Waals surface area (Å²) in [5.41, 5.74) is 3.36. The number of carbonyl (C=O) groups excluding carboxylic acids is 1. The number of benzene rings is 2. The zero-order chi connectivity index (χ0) is 17.7. The Morgan fingerprint density at radius 3 is 2.50 bits per heavy atom. The van der Waals surface area contributed by atoms with Crippen LogP contribution in [0.2, 0.25) is 0 Å². The Morgan fingerprint density at radius 1 is 1.12 bits per heavy atom. The van der Waals surface area contributed by atoms with Crippen LogP contribution in [0.1, 0.15) is 43.1 Å². The van der Waals surface area contributed by atoms with E-state index in [0.717, 1.165) is 34.4 Å². The summed E-state index contributed by atoms with van der Waals surface area (Å²) < 4.78 is 13.9. The van der Waals surface area contributed by atoms with Gasteiger partial charge in [0, 0.05) is 15.7 Å². The lowest BCUT2D eigenvalue weighted by Crippen LogP contribution is -2.00. The highest BCUT2D eigenvalue weighted by Gasteiger charge is 2.16. The Morgan fingerprint density at radius 2 is 1.88 bits per heavy atom. The van der Waals surface area contributed by atoms with Crippen molar-refractivity contribution in [1.29, 1.82) is 0 Å². The van der Waals surface area contributed by atoms with Crippen LogP contribution in [0.3, 0.4) is 0 Å². The number of hydrogen-bond donors (Lipinski definition) is 0. The fraction of sp³-hybridized carbons (Fsp3) is 0.350. The van der Waals surface area contributed by atoms with E-state index in [1.807, 2.05) is 31.2 Å². The van der Waals surface area contributed by atoms with E-state index >= 15 is 0 Å². The molecule has 0 aliphatic rings. The maximum atomic E-state index is 13.9. The van der Waals surface area contributed by atoms with Gasteiger partial charge < -0.3 is 0 Å². The van der Waals surface area contributed by atoms with Crippen LogP contribution in [-0.4, -0.2) is 16.6 Å². The van der Waals surface area contributed by atoms with Crippen molar-refractivity contribution >= 4 is 28.6 Å². The van der Waals surface area contributed by atoms with Gasteiger partial charge in [0.15, 0.2) is 0 Å². The summed E-state index contributed by atoms with van der Waals surface area (Å²) in [7, 11) is 0. The van der Waals surface area contributed by atoms with E-state index in [0.29, 0.717) is 10.8 Å². The quantitative estimate of drug-likeness (QED) is 0.550. The van der Waals surface area contributed by atoms with Gasteiger partial charge in [-0.25, -0.2) is 4.39 Å². The molecular weight excluding hydrogens is 339 g/mol. The van der Waals surface area contributed by atoms with E-state index in [2.05, 4.69) is 13.8 Å². The van der Waals surface area contributed by atoms with Crippen molar-refractivity contribution in [2.24, 2.45) is 0 Å². The second kappa shape index (κ2) is 8.72. The van der Waals surface area contributed by atoms with Gasteiger partial charge in [-0.3, -0.25) is 4.79 Å². The second-order valence-corrected chi connectivity index (χ2v) is 7.98. The van der Waals surface area contributed by atoms with Crippen LogP contribution in [-0.2, 0) is 6.42 Å². The Hall–Kier alpha value is -1.26. The van der Waals surface area contributed by atoms with Gasteiger partial charge in [-0.1, -0.05) is 38.6 Å². The summed E-state index contributed by atoms with van der Waals surface area (Å²) in [5, 5.41) is 0.509. The van der Waals surface area contributed by atoms with Crippen LogP contribution in [0.4, 0.5) is 4.39 Å². The minimum Gasteiger partial charge on any atom is -0.282 e. The first-order chi connectivity index (χ1) is 11.5. The monoisotopic (exact) mass is 362 g/mol. The van der Waals surface area contributed by atoms with Gasteiger partial charge in [0.2, 0.25) is 5.12 Å². The molecule has 24 heavy (non-hydrogen) atoms. The molecule has 2 aromatic rings. The molecule has 2 rings (SSSR count). The van der Waals surface area contributed by atoms with E-state index in [1.54, 1.807) is 24.1 Å².